The minimum absolute atomic E-state index is 0.180. The van der Waals surface area contributed by atoms with Crippen LogP contribution in [0.5, 0.6) is 0 Å². The van der Waals surface area contributed by atoms with Crippen molar-refractivity contribution in [2.45, 2.75) is 37.5 Å². The summed E-state index contributed by atoms with van der Waals surface area (Å²) in [4.78, 5) is 37.6. The second-order valence-electron chi connectivity index (χ2n) is 9.03. The van der Waals surface area contributed by atoms with Gasteiger partial charge in [0, 0.05) is 25.2 Å². The molecule has 1 aliphatic carbocycles. The van der Waals surface area contributed by atoms with Crippen molar-refractivity contribution in [1.29, 1.82) is 0 Å². The normalized spacial score (nSPS) is 22.8. The summed E-state index contributed by atoms with van der Waals surface area (Å²) in [5, 5.41) is 0. The zero-order valence-electron chi connectivity index (χ0n) is 17.5. The van der Waals surface area contributed by atoms with Crippen LogP contribution in [0.2, 0.25) is 0 Å². The number of amides is 1. The van der Waals surface area contributed by atoms with Gasteiger partial charge in [-0.2, -0.15) is 0 Å². The minimum atomic E-state index is -2.74. The van der Waals surface area contributed by atoms with Crippen molar-refractivity contribution >= 4 is 22.9 Å². The monoisotopic (exact) mass is 439 g/mol. The lowest BCUT2D eigenvalue weighted by Gasteiger charge is -2.42. The molecule has 8 nitrogen and oxygen atoms in total. The van der Waals surface area contributed by atoms with Crippen LogP contribution in [-0.2, 0) is 4.79 Å². The van der Waals surface area contributed by atoms with E-state index >= 15 is 0 Å². The third-order valence-electron chi connectivity index (χ3n) is 6.44. The Morgan fingerprint density at radius 1 is 1.09 bits per heavy atom. The molecule has 3 aromatic heterocycles. The SMILES string of the molecule is O=C([C@@H]1CCCN(c2ccc3nc(-c4ccnc(C5CC5)n4)[nH]c3n2)C1)N1CC(F)(F)C1. The second-order valence-corrected chi connectivity index (χ2v) is 9.03. The molecule has 0 bridgehead atoms. The van der Waals surface area contributed by atoms with E-state index in [9.17, 15) is 13.6 Å². The largest absolute Gasteiger partial charge is 0.356 e. The van der Waals surface area contributed by atoms with Crippen molar-refractivity contribution in [2.24, 2.45) is 5.92 Å². The molecule has 166 valence electrons. The lowest BCUT2D eigenvalue weighted by atomic mass is 9.94. The Kier molecular flexibility index (Phi) is 4.38. The van der Waals surface area contributed by atoms with Gasteiger partial charge in [0.15, 0.2) is 11.5 Å². The maximum atomic E-state index is 13.2. The lowest BCUT2D eigenvalue weighted by molar-refractivity contribution is -0.169. The number of alkyl halides is 2. The Balaban J connectivity index is 1.21. The van der Waals surface area contributed by atoms with Gasteiger partial charge >= 0.3 is 0 Å². The van der Waals surface area contributed by atoms with E-state index in [0.29, 0.717) is 30.4 Å². The highest BCUT2D eigenvalue weighted by molar-refractivity contribution is 5.81. The van der Waals surface area contributed by atoms with E-state index in [2.05, 4.69) is 24.8 Å². The molecule has 0 spiro atoms. The topological polar surface area (TPSA) is 90.9 Å². The van der Waals surface area contributed by atoms with Gasteiger partial charge in [-0.05, 0) is 43.9 Å². The number of hydrogen-bond donors (Lipinski definition) is 1. The number of nitrogens with zero attached hydrogens (tertiary/aromatic N) is 6. The number of aromatic amines is 1. The standard InChI is InChI=1S/C22H23F2N7O/c23-22(24)11-31(12-22)21(32)14-2-1-9-30(10-14)17-6-5-15-20(28-17)29-19(27-15)16-7-8-25-18(26-16)13-3-4-13/h5-8,13-14H,1-4,9-12H2,(H,27,28,29)/t14-/m1/s1. The Morgan fingerprint density at radius 2 is 1.94 bits per heavy atom. The van der Waals surface area contributed by atoms with Crippen LogP contribution >= 0.6 is 0 Å². The molecule has 1 saturated carbocycles. The fraction of sp³-hybridized carbons (Fsp3) is 0.500. The summed E-state index contributed by atoms with van der Waals surface area (Å²) in [7, 11) is 0. The third kappa shape index (κ3) is 3.57. The number of aromatic nitrogens is 5. The van der Waals surface area contributed by atoms with Gasteiger partial charge in [-0.15, -0.1) is 0 Å². The van der Waals surface area contributed by atoms with Crippen LogP contribution in [0.1, 0.15) is 37.4 Å². The van der Waals surface area contributed by atoms with Crippen LogP contribution in [0, 0.1) is 5.92 Å². The van der Waals surface area contributed by atoms with Gasteiger partial charge in [0.1, 0.15) is 22.9 Å². The van der Waals surface area contributed by atoms with E-state index in [0.717, 1.165) is 48.7 Å². The lowest BCUT2D eigenvalue weighted by Crippen LogP contribution is -2.60. The van der Waals surface area contributed by atoms with Crippen molar-refractivity contribution in [3.63, 3.8) is 0 Å². The number of H-pyrrole nitrogens is 1. The van der Waals surface area contributed by atoms with E-state index < -0.39 is 19.0 Å². The summed E-state index contributed by atoms with van der Waals surface area (Å²) in [6, 6.07) is 5.64. The van der Waals surface area contributed by atoms with Gasteiger partial charge in [-0.25, -0.2) is 28.7 Å². The van der Waals surface area contributed by atoms with Crippen molar-refractivity contribution in [1.82, 2.24) is 29.8 Å². The number of fused-ring (bicyclic) bond motifs is 1. The molecule has 0 unspecified atom stereocenters. The van der Waals surface area contributed by atoms with E-state index in [1.165, 1.54) is 4.90 Å². The number of piperidine rings is 1. The van der Waals surface area contributed by atoms with Gasteiger partial charge in [-0.1, -0.05) is 0 Å². The Labute approximate surface area is 183 Å². The number of halogens is 2. The van der Waals surface area contributed by atoms with E-state index in [4.69, 9.17) is 4.98 Å². The molecule has 2 aliphatic heterocycles. The summed E-state index contributed by atoms with van der Waals surface area (Å²) in [5.41, 5.74) is 2.14. The zero-order valence-corrected chi connectivity index (χ0v) is 17.5. The number of carbonyl (C=O) groups is 1. The summed E-state index contributed by atoms with van der Waals surface area (Å²) in [5.74, 6) is -0.475. The fourth-order valence-electron chi connectivity index (χ4n) is 4.54. The number of pyridine rings is 1. The number of hydrogen-bond acceptors (Lipinski definition) is 6. The van der Waals surface area contributed by atoms with Gasteiger partial charge in [0.2, 0.25) is 5.91 Å². The summed E-state index contributed by atoms with van der Waals surface area (Å²) < 4.78 is 26.3. The van der Waals surface area contributed by atoms with Crippen LogP contribution in [-0.4, -0.2) is 67.8 Å². The van der Waals surface area contributed by atoms with Crippen LogP contribution in [0.25, 0.3) is 22.7 Å². The molecule has 1 amide bonds. The molecule has 6 rings (SSSR count). The number of nitrogens with one attached hydrogen (secondary N) is 1. The minimum Gasteiger partial charge on any atom is -0.356 e. The molecular formula is C22H23F2N7O. The molecule has 1 N–H and O–H groups in total. The van der Waals surface area contributed by atoms with Gasteiger partial charge < -0.3 is 14.8 Å². The van der Waals surface area contributed by atoms with E-state index in [1.807, 2.05) is 18.2 Å². The number of likely N-dealkylation sites (tertiary alicyclic amines) is 1. The highest BCUT2D eigenvalue weighted by Crippen LogP contribution is 2.38. The maximum absolute atomic E-state index is 13.2. The molecule has 10 heteroatoms. The molecule has 32 heavy (non-hydrogen) atoms. The molecule has 5 heterocycles. The van der Waals surface area contributed by atoms with Gasteiger partial charge in [0.25, 0.3) is 5.92 Å². The highest BCUT2D eigenvalue weighted by Gasteiger charge is 2.48. The average Bonchev–Trinajstić information content (AvgIpc) is 3.55. The number of rotatable bonds is 4. The number of carbonyl (C=O) groups excluding carboxylic acids is 1. The Bertz CT molecular complexity index is 1180. The van der Waals surface area contributed by atoms with Crippen LogP contribution in [0.15, 0.2) is 24.4 Å². The van der Waals surface area contributed by atoms with E-state index in [-0.39, 0.29) is 11.8 Å². The molecule has 3 fully saturated rings. The van der Waals surface area contributed by atoms with E-state index in [1.54, 1.807) is 6.20 Å². The number of imidazole rings is 1. The summed E-state index contributed by atoms with van der Waals surface area (Å²) in [6.07, 6.45) is 5.56. The van der Waals surface area contributed by atoms with Crippen molar-refractivity contribution < 1.29 is 13.6 Å². The molecule has 1 atom stereocenters. The average molecular weight is 439 g/mol. The molecule has 0 radical (unpaired) electrons. The van der Waals surface area contributed by atoms with Crippen molar-refractivity contribution in [3.05, 3.63) is 30.2 Å². The molecule has 3 aliphatic rings. The van der Waals surface area contributed by atoms with Gasteiger partial charge in [-0.3, -0.25) is 4.79 Å². The fourth-order valence-corrected chi connectivity index (χ4v) is 4.54. The molecular weight excluding hydrogens is 416 g/mol. The molecule has 0 aromatic carbocycles. The third-order valence-corrected chi connectivity index (χ3v) is 6.44. The van der Waals surface area contributed by atoms with Crippen LogP contribution in [0.3, 0.4) is 0 Å². The first-order chi connectivity index (χ1) is 15.4. The van der Waals surface area contributed by atoms with Crippen molar-refractivity contribution in [2.75, 3.05) is 31.1 Å². The molecule has 2 saturated heterocycles. The predicted molar refractivity (Wildman–Crippen MR) is 113 cm³/mol. The second kappa shape index (κ2) is 7.18. The van der Waals surface area contributed by atoms with Crippen LogP contribution < -0.4 is 4.90 Å². The molecule has 3 aromatic rings. The predicted octanol–water partition coefficient (Wildman–Crippen LogP) is 2.99. The first-order valence-corrected chi connectivity index (χ1v) is 11.1. The maximum Gasteiger partial charge on any atom is 0.282 e. The quantitative estimate of drug-likeness (QED) is 0.672. The highest BCUT2D eigenvalue weighted by atomic mass is 19.3. The summed E-state index contributed by atoms with van der Waals surface area (Å²) in [6.45, 7) is 0.330. The van der Waals surface area contributed by atoms with Crippen molar-refractivity contribution in [3.8, 4) is 11.5 Å². The Hall–Kier alpha value is -3.17. The van der Waals surface area contributed by atoms with Gasteiger partial charge in [0.05, 0.1) is 19.0 Å². The van der Waals surface area contributed by atoms with Crippen LogP contribution in [0.4, 0.5) is 14.6 Å². The smallest absolute Gasteiger partial charge is 0.282 e. The first kappa shape index (κ1) is 19.5. The number of anilines is 1. The Morgan fingerprint density at radius 3 is 2.72 bits per heavy atom. The zero-order chi connectivity index (χ0) is 21.9. The summed E-state index contributed by atoms with van der Waals surface area (Å²) >= 11 is 0. The first-order valence-electron chi connectivity index (χ1n) is 11.1.